The lowest BCUT2D eigenvalue weighted by Crippen LogP contribution is -2.40. The Balaban J connectivity index is 1.81. The third-order valence-electron chi connectivity index (χ3n) is 5.30. The smallest absolute Gasteiger partial charge is 0.409 e. The highest BCUT2D eigenvalue weighted by molar-refractivity contribution is 5.72. The van der Waals surface area contributed by atoms with Gasteiger partial charge in [-0.2, -0.15) is 0 Å². The molecule has 7 heteroatoms. The summed E-state index contributed by atoms with van der Waals surface area (Å²) in [6.07, 6.45) is 4.64. The first-order valence-electron chi connectivity index (χ1n) is 11.0. The summed E-state index contributed by atoms with van der Waals surface area (Å²) < 4.78 is 16.4. The Bertz CT molecular complexity index is 644. The van der Waals surface area contributed by atoms with Gasteiger partial charge in [0, 0.05) is 19.6 Å². The summed E-state index contributed by atoms with van der Waals surface area (Å²) >= 11 is 0. The number of hydrogen-bond acceptors (Lipinski definition) is 5. The van der Waals surface area contributed by atoms with E-state index >= 15 is 0 Å². The third-order valence-corrected chi connectivity index (χ3v) is 5.30. The number of nitrogens with zero attached hydrogens (tertiary/aromatic N) is 1. The van der Waals surface area contributed by atoms with Crippen molar-refractivity contribution in [2.24, 2.45) is 5.92 Å². The summed E-state index contributed by atoms with van der Waals surface area (Å²) in [6, 6.07) is 7.32. The third kappa shape index (κ3) is 8.22. The van der Waals surface area contributed by atoms with Crippen LogP contribution in [0.3, 0.4) is 0 Å². The van der Waals surface area contributed by atoms with Gasteiger partial charge in [0.25, 0.3) is 0 Å². The largest absolute Gasteiger partial charge is 0.492 e. The van der Waals surface area contributed by atoms with E-state index in [-0.39, 0.29) is 6.09 Å². The van der Waals surface area contributed by atoms with Gasteiger partial charge >= 0.3 is 12.1 Å². The van der Waals surface area contributed by atoms with Gasteiger partial charge in [0.1, 0.15) is 12.4 Å². The highest BCUT2D eigenvalue weighted by atomic mass is 16.6. The van der Waals surface area contributed by atoms with Gasteiger partial charge < -0.3 is 24.2 Å². The molecule has 0 spiro atoms. The molecule has 0 saturated heterocycles. The van der Waals surface area contributed by atoms with Crippen molar-refractivity contribution in [3.05, 3.63) is 29.8 Å². The van der Waals surface area contributed by atoms with Gasteiger partial charge in [0.05, 0.1) is 13.2 Å². The minimum atomic E-state index is -0.963. The van der Waals surface area contributed by atoms with Crippen molar-refractivity contribution in [2.75, 3.05) is 32.9 Å². The molecule has 0 heterocycles. The number of amides is 1. The summed E-state index contributed by atoms with van der Waals surface area (Å²) in [4.78, 5) is 25.4. The molecular weight excluding hydrogens is 386 g/mol. The number of rotatable bonds is 14. The molecule has 0 bridgehead atoms. The number of carbonyl (C=O) groups excluding carboxylic acids is 1. The molecule has 1 aliphatic rings. The minimum absolute atomic E-state index is 0.259. The lowest BCUT2D eigenvalue weighted by molar-refractivity contribution is -0.149. The first kappa shape index (κ1) is 24.0. The standard InChI is InChI=1S/C23H35NO6/c1-3-5-14-30-23(27)24(17-19-7-6-8-19)13-15-29-20-11-9-18(10-12-20)16-21(22(25)26)28-4-2/h9-12,19,21H,3-8,13-17H2,1-2H3,(H,25,26). The lowest BCUT2D eigenvalue weighted by atomic mass is 9.85. The van der Waals surface area contributed by atoms with Crippen LogP contribution in [0.1, 0.15) is 51.5 Å². The Labute approximate surface area is 179 Å². The monoisotopic (exact) mass is 421 g/mol. The van der Waals surface area contributed by atoms with Gasteiger partial charge in [-0.3, -0.25) is 0 Å². The zero-order valence-corrected chi connectivity index (χ0v) is 18.2. The average molecular weight is 422 g/mol. The number of hydrogen-bond donors (Lipinski definition) is 1. The fourth-order valence-electron chi connectivity index (χ4n) is 3.27. The van der Waals surface area contributed by atoms with Crippen LogP contribution in [0.25, 0.3) is 0 Å². The first-order chi connectivity index (χ1) is 14.5. The molecule has 1 fully saturated rings. The molecule has 1 aliphatic carbocycles. The molecule has 0 aromatic heterocycles. The van der Waals surface area contributed by atoms with Crippen molar-refractivity contribution >= 4 is 12.1 Å². The fraction of sp³-hybridized carbons (Fsp3) is 0.652. The van der Waals surface area contributed by atoms with Gasteiger partial charge in [0.15, 0.2) is 6.10 Å². The van der Waals surface area contributed by atoms with Gasteiger partial charge in [-0.15, -0.1) is 0 Å². The van der Waals surface area contributed by atoms with Crippen LogP contribution in [0.5, 0.6) is 5.75 Å². The van der Waals surface area contributed by atoms with Crippen LogP contribution >= 0.6 is 0 Å². The van der Waals surface area contributed by atoms with Crippen LogP contribution in [0.15, 0.2) is 24.3 Å². The van der Waals surface area contributed by atoms with Crippen molar-refractivity contribution in [1.82, 2.24) is 4.90 Å². The highest BCUT2D eigenvalue weighted by Crippen LogP contribution is 2.27. The van der Waals surface area contributed by atoms with E-state index in [1.165, 1.54) is 19.3 Å². The van der Waals surface area contributed by atoms with E-state index in [0.717, 1.165) is 24.9 Å². The molecule has 1 unspecified atom stereocenters. The number of ether oxygens (including phenoxy) is 3. The van der Waals surface area contributed by atoms with Crippen LogP contribution in [0.2, 0.25) is 0 Å². The minimum Gasteiger partial charge on any atom is -0.492 e. The van der Waals surface area contributed by atoms with Crippen LogP contribution in [0.4, 0.5) is 4.79 Å². The SMILES string of the molecule is CCCCOC(=O)N(CCOc1ccc(CC(OCC)C(=O)O)cc1)CC1CCC1. The van der Waals surface area contributed by atoms with Crippen molar-refractivity contribution < 1.29 is 28.9 Å². The molecule has 1 N–H and O–H groups in total. The van der Waals surface area contributed by atoms with Gasteiger partial charge in [-0.1, -0.05) is 31.9 Å². The van der Waals surface area contributed by atoms with Crippen molar-refractivity contribution in [3.63, 3.8) is 0 Å². The number of carboxylic acids is 1. The topological polar surface area (TPSA) is 85.3 Å². The molecule has 1 aromatic carbocycles. The normalized spacial score (nSPS) is 14.6. The number of benzene rings is 1. The number of aliphatic carboxylic acids is 1. The summed E-state index contributed by atoms with van der Waals surface area (Å²) in [5.74, 6) is 0.287. The number of unbranched alkanes of at least 4 members (excludes halogenated alkanes) is 1. The quantitative estimate of drug-likeness (QED) is 0.455. The molecule has 2 rings (SSSR count). The number of carbonyl (C=O) groups is 2. The van der Waals surface area contributed by atoms with Crippen molar-refractivity contribution in [2.45, 2.75) is 58.5 Å². The highest BCUT2D eigenvalue weighted by Gasteiger charge is 2.24. The second kappa shape index (κ2) is 13.1. The molecule has 168 valence electrons. The molecule has 1 atom stereocenters. The fourth-order valence-corrected chi connectivity index (χ4v) is 3.27. The molecule has 1 saturated carbocycles. The Hall–Kier alpha value is -2.28. The maximum atomic E-state index is 12.4. The second-order valence-corrected chi connectivity index (χ2v) is 7.69. The van der Waals surface area contributed by atoms with Gasteiger partial charge in [0.2, 0.25) is 0 Å². The Morgan fingerprint density at radius 2 is 1.90 bits per heavy atom. The van der Waals surface area contributed by atoms with Crippen LogP contribution in [-0.4, -0.2) is 61.1 Å². The second-order valence-electron chi connectivity index (χ2n) is 7.69. The lowest BCUT2D eigenvalue weighted by Gasteiger charge is -2.31. The predicted octanol–water partition coefficient (Wildman–Crippen LogP) is 4.14. The van der Waals surface area contributed by atoms with E-state index < -0.39 is 12.1 Å². The van der Waals surface area contributed by atoms with E-state index in [1.54, 1.807) is 11.8 Å². The molecule has 1 amide bonds. The zero-order chi connectivity index (χ0) is 21.8. The van der Waals surface area contributed by atoms with Gasteiger partial charge in [-0.05, 0) is 49.8 Å². The van der Waals surface area contributed by atoms with Gasteiger partial charge in [-0.25, -0.2) is 9.59 Å². The van der Waals surface area contributed by atoms with Crippen LogP contribution in [-0.2, 0) is 20.7 Å². The average Bonchev–Trinajstić information content (AvgIpc) is 2.70. The van der Waals surface area contributed by atoms with Crippen LogP contribution < -0.4 is 4.74 Å². The summed E-state index contributed by atoms with van der Waals surface area (Å²) in [7, 11) is 0. The molecular formula is C23H35NO6. The number of carboxylic acid groups (broad SMARTS) is 1. The maximum Gasteiger partial charge on any atom is 0.409 e. The molecule has 30 heavy (non-hydrogen) atoms. The first-order valence-corrected chi connectivity index (χ1v) is 11.0. The molecule has 1 aromatic rings. The van der Waals surface area contributed by atoms with E-state index in [2.05, 4.69) is 6.92 Å². The Morgan fingerprint density at radius 1 is 1.17 bits per heavy atom. The predicted molar refractivity (Wildman–Crippen MR) is 114 cm³/mol. The van der Waals surface area contributed by atoms with E-state index in [9.17, 15) is 14.7 Å². The Morgan fingerprint density at radius 3 is 2.47 bits per heavy atom. The summed E-state index contributed by atoms with van der Waals surface area (Å²) in [5, 5.41) is 9.19. The van der Waals surface area contributed by atoms with Crippen molar-refractivity contribution in [1.29, 1.82) is 0 Å². The van der Waals surface area contributed by atoms with E-state index in [4.69, 9.17) is 14.2 Å². The maximum absolute atomic E-state index is 12.4. The Kier molecular flexibility index (Phi) is 10.5. The summed E-state index contributed by atoms with van der Waals surface area (Å²) in [6.45, 7) is 6.24. The molecule has 0 aliphatic heterocycles. The summed E-state index contributed by atoms with van der Waals surface area (Å²) in [5.41, 5.74) is 0.870. The molecule has 0 radical (unpaired) electrons. The van der Waals surface area contributed by atoms with Crippen molar-refractivity contribution in [3.8, 4) is 5.75 Å². The zero-order valence-electron chi connectivity index (χ0n) is 18.2. The molecule has 7 nitrogen and oxygen atoms in total. The van der Waals surface area contributed by atoms with Crippen LogP contribution in [0, 0.1) is 5.92 Å². The van der Waals surface area contributed by atoms with E-state index in [0.29, 0.717) is 44.5 Å². The van der Waals surface area contributed by atoms with E-state index in [1.807, 2.05) is 24.3 Å².